The summed E-state index contributed by atoms with van der Waals surface area (Å²) in [5, 5.41) is 4.53. The second-order valence-electron chi connectivity index (χ2n) is 6.57. The summed E-state index contributed by atoms with van der Waals surface area (Å²) in [5.41, 5.74) is 2.57. The lowest BCUT2D eigenvalue weighted by Gasteiger charge is -2.12. The number of hydrogen-bond donors (Lipinski definition) is 1. The van der Waals surface area contributed by atoms with Gasteiger partial charge in [-0.1, -0.05) is 47.1 Å². The van der Waals surface area contributed by atoms with E-state index in [-0.39, 0.29) is 12.2 Å². The van der Waals surface area contributed by atoms with Crippen LogP contribution in [0.4, 0.5) is 5.69 Å². The number of benzene rings is 2. The summed E-state index contributed by atoms with van der Waals surface area (Å²) in [4.78, 5) is 8.42. The molecule has 0 aliphatic carbocycles. The van der Waals surface area contributed by atoms with Crippen LogP contribution >= 0.6 is 11.6 Å². The third-order valence-electron chi connectivity index (χ3n) is 4.28. The Bertz CT molecular complexity index is 1240. The zero-order chi connectivity index (χ0) is 21.0. The van der Waals surface area contributed by atoms with Gasteiger partial charge in [-0.3, -0.25) is 9.71 Å². The minimum atomic E-state index is -3.62. The topological polar surface area (TPSA) is 98.0 Å². The van der Waals surface area contributed by atoms with Crippen molar-refractivity contribution < 1.29 is 12.9 Å². The van der Waals surface area contributed by atoms with Crippen LogP contribution in [0.5, 0.6) is 0 Å². The summed E-state index contributed by atoms with van der Waals surface area (Å²) in [7, 11) is -3.62. The van der Waals surface area contributed by atoms with Gasteiger partial charge in [-0.25, -0.2) is 8.42 Å². The molecule has 0 atom stereocenters. The van der Waals surface area contributed by atoms with E-state index in [1.807, 2.05) is 18.2 Å². The Labute approximate surface area is 178 Å². The van der Waals surface area contributed by atoms with Crippen molar-refractivity contribution in [3.63, 3.8) is 0 Å². The van der Waals surface area contributed by atoms with Crippen molar-refractivity contribution in [1.29, 1.82) is 0 Å². The number of rotatable bonds is 7. The molecule has 0 unspecified atom stereocenters. The number of sulfonamides is 1. The molecule has 0 aliphatic heterocycles. The number of aromatic nitrogens is 3. The van der Waals surface area contributed by atoms with Gasteiger partial charge in [0.25, 0.3) is 0 Å². The van der Waals surface area contributed by atoms with Crippen LogP contribution in [0.3, 0.4) is 0 Å². The third-order valence-corrected chi connectivity index (χ3v) is 5.78. The molecule has 2 heterocycles. The number of nitrogens with zero attached hydrogens (tertiary/aromatic N) is 3. The van der Waals surface area contributed by atoms with Crippen molar-refractivity contribution in [3.8, 4) is 11.4 Å². The molecular weight excluding hydrogens is 424 g/mol. The van der Waals surface area contributed by atoms with Crippen LogP contribution in [-0.4, -0.2) is 23.5 Å². The molecule has 152 valence electrons. The molecule has 0 amide bonds. The quantitative estimate of drug-likeness (QED) is 0.459. The van der Waals surface area contributed by atoms with E-state index >= 15 is 0 Å². The Kier molecular flexibility index (Phi) is 5.78. The predicted octanol–water partition coefficient (Wildman–Crippen LogP) is 4.32. The van der Waals surface area contributed by atoms with Crippen molar-refractivity contribution in [2.45, 2.75) is 12.2 Å². The SMILES string of the molecule is O=S(=O)(Cc1ccc(Cl)cc1)Nc1ccccc1Cc1nc(-c2cccnc2)no1. The first-order chi connectivity index (χ1) is 14.5. The van der Waals surface area contributed by atoms with Crippen LogP contribution in [0.25, 0.3) is 11.4 Å². The summed E-state index contributed by atoms with van der Waals surface area (Å²) in [6.07, 6.45) is 3.59. The number of pyridine rings is 1. The molecule has 30 heavy (non-hydrogen) atoms. The van der Waals surface area contributed by atoms with Crippen molar-refractivity contribution in [2.75, 3.05) is 4.72 Å². The minimum absolute atomic E-state index is 0.162. The van der Waals surface area contributed by atoms with Gasteiger partial charge in [-0.2, -0.15) is 4.98 Å². The fourth-order valence-electron chi connectivity index (χ4n) is 2.88. The largest absolute Gasteiger partial charge is 0.339 e. The first-order valence-corrected chi connectivity index (χ1v) is 11.1. The minimum Gasteiger partial charge on any atom is -0.339 e. The zero-order valence-electron chi connectivity index (χ0n) is 15.7. The first-order valence-electron chi connectivity index (χ1n) is 9.04. The Morgan fingerprint density at radius 3 is 2.57 bits per heavy atom. The van der Waals surface area contributed by atoms with Crippen LogP contribution in [0.1, 0.15) is 17.0 Å². The van der Waals surface area contributed by atoms with Crippen LogP contribution in [0.2, 0.25) is 5.02 Å². The number of nitrogens with one attached hydrogen (secondary N) is 1. The van der Waals surface area contributed by atoms with Gasteiger partial charge in [-0.05, 0) is 41.5 Å². The molecule has 4 aromatic rings. The van der Waals surface area contributed by atoms with E-state index in [0.29, 0.717) is 28.0 Å². The van der Waals surface area contributed by atoms with E-state index in [9.17, 15) is 8.42 Å². The molecule has 0 saturated heterocycles. The molecule has 0 spiro atoms. The smallest absolute Gasteiger partial charge is 0.236 e. The van der Waals surface area contributed by atoms with Crippen LogP contribution in [0.15, 0.2) is 77.6 Å². The van der Waals surface area contributed by atoms with Crippen molar-refractivity contribution in [2.24, 2.45) is 0 Å². The van der Waals surface area contributed by atoms with E-state index in [1.54, 1.807) is 54.9 Å². The molecule has 0 saturated carbocycles. The Morgan fingerprint density at radius 1 is 1.00 bits per heavy atom. The number of halogens is 1. The van der Waals surface area contributed by atoms with Crippen molar-refractivity contribution in [3.05, 3.63) is 95.1 Å². The Morgan fingerprint density at radius 2 is 1.80 bits per heavy atom. The van der Waals surface area contributed by atoms with E-state index in [2.05, 4.69) is 19.8 Å². The summed E-state index contributed by atoms with van der Waals surface area (Å²) >= 11 is 5.86. The second kappa shape index (κ2) is 8.64. The number of anilines is 1. The van der Waals surface area contributed by atoms with E-state index in [0.717, 1.165) is 11.1 Å². The van der Waals surface area contributed by atoms with Gasteiger partial charge >= 0.3 is 0 Å². The maximum atomic E-state index is 12.6. The molecule has 7 nitrogen and oxygen atoms in total. The summed E-state index contributed by atoms with van der Waals surface area (Å²) in [5.74, 6) is 0.640. The van der Waals surface area contributed by atoms with Crippen LogP contribution < -0.4 is 4.72 Å². The van der Waals surface area contributed by atoms with Gasteiger partial charge in [0.2, 0.25) is 21.7 Å². The van der Waals surface area contributed by atoms with E-state index in [4.69, 9.17) is 16.1 Å². The fourth-order valence-corrected chi connectivity index (χ4v) is 4.24. The summed E-state index contributed by atoms with van der Waals surface area (Å²) < 4.78 is 33.3. The number of para-hydroxylation sites is 1. The highest BCUT2D eigenvalue weighted by atomic mass is 35.5. The van der Waals surface area contributed by atoms with Gasteiger partial charge < -0.3 is 4.52 Å². The molecule has 0 radical (unpaired) electrons. The molecule has 0 bridgehead atoms. The molecular formula is C21H17ClN4O3S. The average Bonchev–Trinajstić information content (AvgIpc) is 3.20. The maximum absolute atomic E-state index is 12.6. The predicted molar refractivity (Wildman–Crippen MR) is 114 cm³/mol. The molecule has 0 fully saturated rings. The molecule has 9 heteroatoms. The first kappa shape index (κ1) is 20.1. The maximum Gasteiger partial charge on any atom is 0.236 e. The van der Waals surface area contributed by atoms with Crippen LogP contribution in [0, 0.1) is 0 Å². The van der Waals surface area contributed by atoms with Gasteiger partial charge in [0.15, 0.2) is 0 Å². The Hall–Kier alpha value is -3.23. The lowest BCUT2D eigenvalue weighted by atomic mass is 10.1. The number of hydrogen-bond acceptors (Lipinski definition) is 6. The van der Waals surface area contributed by atoms with Gasteiger partial charge in [0, 0.05) is 23.0 Å². The molecule has 1 N–H and O–H groups in total. The highest BCUT2D eigenvalue weighted by Crippen LogP contribution is 2.22. The lowest BCUT2D eigenvalue weighted by Crippen LogP contribution is -2.16. The highest BCUT2D eigenvalue weighted by molar-refractivity contribution is 7.91. The zero-order valence-corrected chi connectivity index (χ0v) is 17.3. The van der Waals surface area contributed by atoms with E-state index in [1.165, 1.54) is 0 Å². The monoisotopic (exact) mass is 440 g/mol. The molecule has 2 aromatic heterocycles. The second-order valence-corrected chi connectivity index (χ2v) is 8.73. The Balaban J connectivity index is 1.51. The van der Waals surface area contributed by atoms with Gasteiger partial charge in [0.05, 0.1) is 17.9 Å². The van der Waals surface area contributed by atoms with Crippen LogP contribution in [-0.2, 0) is 22.2 Å². The summed E-state index contributed by atoms with van der Waals surface area (Å²) in [6, 6.07) is 17.4. The van der Waals surface area contributed by atoms with Crippen molar-refractivity contribution >= 4 is 27.3 Å². The highest BCUT2D eigenvalue weighted by Gasteiger charge is 2.16. The average molecular weight is 441 g/mol. The molecule has 4 rings (SSSR count). The fraction of sp³-hybridized carbons (Fsp3) is 0.0952. The lowest BCUT2D eigenvalue weighted by molar-refractivity contribution is 0.386. The summed E-state index contributed by atoms with van der Waals surface area (Å²) in [6.45, 7) is 0. The normalized spacial score (nSPS) is 11.4. The standard InChI is InChI=1S/C21H17ClN4O3S/c22-18-9-7-15(8-10-18)14-30(27,28)26-19-6-2-1-4-16(19)12-20-24-21(25-29-20)17-5-3-11-23-13-17/h1-11,13,26H,12,14H2. The third kappa shape index (κ3) is 5.03. The van der Waals surface area contributed by atoms with E-state index < -0.39 is 10.0 Å². The molecule has 2 aromatic carbocycles. The van der Waals surface area contributed by atoms with Gasteiger partial charge in [-0.15, -0.1) is 0 Å². The van der Waals surface area contributed by atoms with Crippen molar-refractivity contribution in [1.82, 2.24) is 15.1 Å². The van der Waals surface area contributed by atoms with Gasteiger partial charge in [0.1, 0.15) is 0 Å². The molecule has 0 aliphatic rings.